The van der Waals surface area contributed by atoms with Crippen molar-refractivity contribution in [3.63, 3.8) is 0 Å². The fourth-order valence-electron chi connectivity index (χ4n) is 5.95. The fraction of sp³-hybridized carbons (Fsp3) is 0.250. The molecule has 0 bridgehead atoms. The molecule has 0 unspecified atom stereocenters. The van der Waals surface area contributed by atoms with Gasteiger partial charge in [0.1, 0.15) is 17.5 Å². The maximum absolute atomic E-state index is 13.4. The topological polar surface area (TPSA) is 109 Å². The molecule has 0 spiro atoms. The second kappa shape index (κ2) is 10.7. The van der Waals surface area contributed by atoms with Crippen molar-refractivity contribution in [2.24, 2.45) is 0 Å². The highest BCUT2D eigenvalue weighted by molar-refractivity contribution is 5.94. The summed E-state index contributed by atoms with van der Waals surface area (Å²) in [5.74, 6) is -0.609. The monoisotopic (exact) mass is 579 g/mol. The Kier molecular flexibility index (Phi) is 6.66. The van der Waals surface area contributed by atoms with Crippen LogP contribution in [0.15, 0.2) is 90.1 Å². The van der Waals surface area contributed by atoms with Crippen LogP contribution in [0.3, 0.4) is 0 Å². The third-order valence-electron chi connectivity index (χ3n) is 8.34. The number of nitrogens with one attached hydrogen (secondary N) is 1. The summed E-state index contributed by atoms with van der Waals surface area (Å²) in [5.41, 5.74) is 3.44. The van der Waals surface area contributed by atoms with Gasteiger partial charge in [0, 0.05) is 37.4 Å². The third kappa shape index (κ3) is 5.01. The van der Waals surface area contributed by atoms with Crippen LogP contribution in [-0.4, -0.2) is 67.0 Å². The first-order valence-electron chi connectivity index (χ1n) is 14.3. The van der Waals surface area contributed by atoms with Crippen molar-refractivity contribution in [2.45, 2.75) is 25.0 Å². The second-order valence-electron chi connectivity index (χ2n) is 11.1. The molecule has 3 aromatic carbocycles. The molecule has 2 aromatic heterocycles. The molecular formula is C32H30FN7O3. The number of anilines is 3. The highest BCUT2D eigenvalue weighted by Gasteiger charge is 2.35. The number of piperidine rings is 1. The number of carbonyl (C=O) groups excluding carboxylic acids is 1. The summed E-state index contributed by atoms with van der Waals surface area (Å²) in [7, 11) is 0. The molecule has 5 aromatic rings. The van der Waals surface area contributed by atoms with E-state index in [2.05, 4.69) is 32.4 Å². The quantitative estimate of drug-likeness (QED) is 0.325. The van der Waals surface area contributed by atoms with Crippen LogP contribution in [0.5, 0.6) is 0 Å². The van der Waals surface area contributed by atoms with Gasteiger partial charge < -0.3 is 20.2 Å². The average Bonchev–Trinajstić information content (AvgIpc) is 3.48. The number of carbonyl (C=O) groups is 1. The molecule has 4 heterocycles. The number of aliphatic hydroxyl groups is 1. The summed E-state index contributed by atoms with van der Waals surface area (Å²) in [4.78, 5) is 34.6. The van der Waals surface area contributed by atoms with E-state index in [1.807, 2.05) is 36.4 Å². The van der Waals surface area contributed by atoms with Gasteiger partial charge in [-0.15, -0.1) is 0 Å². The summed E-state index contributed by atoms with van der Waals surface area (Å²) in [5, 5.41) is 19.5. The van der Waals surface area contributed by atoms with E-state index in [1.54, 1.807) is 9.58 Å². The van der Waals surface area contributed by atoms with Crippen molar-refractivity contribution >= 4 is 34.0 Å². The summed E-state index contributed by atoms with van der Waals surface area (Å²) in [6, 6.07) is 21.6. The lowest BCUT2D eigenvalue weighted by Gasteiger charge is -2.38. The van der Waals surface area contributed by atoms with E-state index in [1.165, 1.54) is 41.4 Å². The molecule has 0 aliphatic carbocycles. The van der Waals surface area contributed by atoms with Crippen molar-refractivity contribution < 1.29 is 14.3 Å². The van der Waals surface area contributed by atoms with Gasteiger partial charge in [-0.05, 0) is 73.5 Å². The highest BCUT2D eigenvalue weighted by atomic mass is 19.1. The Bertz CT molecular complexity index is 1860. The SMILES string of the molecule is O=C(c1ccc(F)cc1)N1CCC(O)(Cn2cnc3c(cnn3-c3ccc(N4CCNc5ccccc54)cc3)c2=O)CC1. The molecule has 10 nitrogen and oxygen atoms in total. The molecule has 0 atom stereocenters. The number of benzene rings is 3. The van der Waals surface area contributed by atoms with Gasteiger partial charge in [0.05, 0.1) is 35.4 Å². The first-order valence-corrected chi connectivity index (χ1v) is 14.3. The van der Waals surface area contributed by atoms with E-state index in [9.17, 15) is 19.1 Å². The van der Waals surface area contributed by atoms with Gasteiger partial charge in [0.25, 0.3) is 11.5 Å². The van der Waals surface area contributed by atoms with Crippen LogP contribution in [-0.2, 0) is 6.54 Å². The summed E-state index contributed by atoms with van der Waals surface area (Å²) in [6.07, 6.45) is 3.56. The standard InChI is InChI=1S/C32H30FN7O3/c33-23-7-5-22(6-8-23)30(41)37-16-13-32(43,14-17-37)20-38-21-35-29-26(31(38)42)19-36-40(29)25-11-9-24(10-12-25)39-18-15-34-27-3-1-2-4-28(27)39/h1-12,19,21,34,43H,13-18,20H2. The first-order chi connectivity index (χ1) is 20.9. The van der Waals surface area contributed by atoms with Crippen LogP contribution in [0.2, 0.25) is 0 Å². The smallest absolute Gasteiger partial charge is 0.264 e. The van der Waals surface area contributed by atoms with Crippen molar-refractivity contribution in [1.82, 2.24) is 24.2 Å². The molecule has 2 N–H and O–H groups in total. The summed E-state index contributed by atoms with van der Waals surface area (Å²) in [6.45, 7) is 2.39. The number of hydrogen-bond acceptors (Lipinski definition) is 7. The van der Waals surface area contributed by atoms with E-state index in [4.69, 9.17) is 0 Å². The zero-order chi connectivity index (χ0) is 29.6. The molecule has 7 rings (SSSR count). The van der Waals surface area contributed by atoms with Crippen LogP contribution in [0.1, 0.15) is 23.2 Å². The zero-order valence-corrected chi connectivity index (χ0v) is 23.4. The Balaban J connectivity index is 1.06. The lowest BCUT2D eigenvalue weighted by Crippen LogP contribution is -2.49. The molecule has 1 fully saturated rings. The molecule has 0 saturated carbocycles. The number of para-hydroxylation sites is 2. The van der Waals surface area contributed by atoms with E-state index in [-0.39, 0.29) is 18.0 Å². The number of hydrogen-bond donors (Lipinski definition) is 2. The van der Waals surface area contributed by atoms with Gasteiger partial charge in [-0.2, -0.15) is 5.10 Å². The van der Waals surface area contributed by atoms with E-state index in [0.717, 1.165) is 35.8 Å². The third-order valence-corrected chi connectivity index (χ3v) is 8.34. The Morgan fingerprint density at radius 3 is 2.44 bits per heavy atom. The van der Waals surface area contributed by atoms with Crippen LogP contribution in [0.4, 0.5) is 21.5 Å². The molecule has 2 aliphatic rings. The van der Waals surface area contributed by atoms with E-state index in [0.29, 0.717) is 42.5 Å². The predicted molar refractivity (Wildman–Crippen MR) is 162 cm³/mol. The van der Waals surface area contributed by atoms with Gasteiger partial charge in [0.15, 0.2) is 5.65 Å². The number of halogens is 1. The van der Waals surface area contributed by atoms with Gasteiger partial charge in [0.2, 0.25) is 0 Å². The maximum atomic E-state index is 13.4. The lowest BCUT2D eigenvalue weighted by molar-refractivity contribution is -0.0299. The van der Waals surface area contributed by atoms with Crippen molar-refractivity contribution in [2.75, 3.05) is 36.4 Å². The van der Waals surface area contributed by atoms with Gasteiger partial charge in [-0.25, -0.2) is 14.1 Å². The van der Waals surface area contributed by atoms with Gasteiger partial charge in [-0.3, -0.25) is 14.2 Å². The molecule has 1 amide bonds. The van der Waals surface area contributed by atoms with Crippen LogP contribution < -0.4 is 15.8 Å². The Hall–Kier alpha value is -5.03. The van der Waals surface area contributed by atoms with Crippen LogP contribution in [0, 0.1) is 5.82 Å². The number of likely N-dealkylation sites (tertiary alicyclic amines) is 1. The Labute approximate surface area is 246 Å². The van der Waals surface area contributed by atoms with Crippen molar-refractivity contribution in [3.8, 4) is 5.69 Å². The van der Waals surface area contributed by atoms with Crippen molar-refractivity contribution in [3.05, 3.63) is 107 Å². The van der Waals surface area contributed by atoms with Gasteiger partial charge >= 0.3 is 0 Å². The molecule has 218 valence electrons. The minimum Gasteiger partial charge on any atom is -0.388 e. The lowest BCUT2D eigenvalue weighted by atomic mass is 9.91. The van der Waals surface area contributed by atoms with E-state index < -0.39 is 11.4 Å². The average molecular weight is 580 g/mol. The Morgan fingerprint density at radius 1 is 0.953 bits per heavy atom. The number of amides is 1. The minimum atomic E-state index is -1.17. The maximum Gasteiger partial charge on any atom is 0.264 e. The zero-order valence-electron chi connectivity index (χ0n) is 23.4. The van der Waals surface area contributed by atoms with E-state index >= 15 is 0 Å². The van der Waals surface area contributed by atoms with Crippen molar-refractivity contribution in [1.29, 1.82) is 0 Å². The minimum absolute atomic E-state index is 0.0550. The molecule has 0 radical (unpaired) electrons. The highest BCUT2D eigenvalue weighted by Crippen LogP contribution is 2.34. The first kappa shape index (κ1) is 26.8. The molecule has 43 heavy (non-hydrogen) atoms. The normalized spacial score (nSPS) is 16.1. The molecule has 2 aliphatic heterocycles. The van der Waals surface area contributed by atoms with Crippen LogP contribution in [0.25, 0.3) is 16.7 Å². The van der Waals surface area contributed by atoms with Gasteiger partial charge in [-0.1, -0.05) is 12.1 Å². The number of fused-ring (bicyclic) bond motifs is 2. The number of rotatable bonds is 5. The second-order valence-corrected chi connectivity index (χ2v) is 11.1. The molecule has 11 heteroatoms. The predicted octanol–water partition coefficient (Wildman–Crippen LogP) is 3.95. The summed E-state index contributed by atoms with van der Waals surface area (Å²) < 4.78 is 16.3. The molecule has 1 saturated heterocycles. The number of nitrogens with zero attached hydrogens (tertiary/aromatic N) is 6. The molecular weight excluding hydrogens is 549 g/mol. The van der Waals surface area contributed by atoms with Crippen LogP contribution >= 0.6 is 0 Å². The summed E-state index contributed by atoms with van der Waals surface area (Å²) >= 11 is 0. The fourth-order valence-corrected chi connectivity index (χ4v) is 5.95. The number of aromatic nitrogens is 4. The Morgan fingerprint density at radius 2 is 1.67 bits per heavy atom. The largest absolute Gasteiger partial charge is 0.388 e.